The fraction of sp³-hybridized carbons (Fsp3) is 0.462. The van der Waals surface area contributed by atoms with Gasteiger partial charge >= 0.3 is 5.97 Å². The van der Waals surface area contributed by atoms with Gasteiger partial charge in [0.05, 0.1) is 5.56 Å². The largest absolute Gasteiger partial charge is 0.478 e. The minimum atomic E-state index is -0.891. The van der Waals surface area contributed by atoms with Gasteiger partial charge in [-0.2, -0.15) is 0 Å². The number of hydrogen-bond acceptors (Lipinski definition) is 2. The lowest BCUT2D eigenvalue weighted by Gasteiger charge is -2.24. The first kappa shape index (κ1) is 12.4. The molecule has 0 aromatic heterocycles. The van der Waals surface area contributed by atoms with Crippen LogP contribution in [0, 0.1) is 0 Å². The lowest BCUT2D eigenvalue weighted by molar-refractivity contribution is 0.0697. The zero-order valence-corrected chi connectivity index (χ0v) is 11.2. The zero-order chi connectivity index (χ0) is 12.3. The number of benzene rings is 1. The van der Waals surface area contributed by atoms with Gasteiger partial charge in [0, 0.05) is 16.2 Å². The average Bonchev–Trinajstić information content (AvgIpc) is 2.29. The fourth-order valence-electron chi connectivity index (χ4n) is 2.28. The highest BCUT2D eigenvalue weighted by molar-refractivity contribution is 9.10. The maximum absolute atomic E-state index is 10.9. The maximum Gasteiger partial charge on any atom is 0.335 e. The number of carboxylic acid groups (broad SMARTS) is 1. The molecule has 0 heterocycles. The molecular weight excluding hydrogens is 282 g/mol. The van der Waals surface area contributed by atoms with Crippen molar-refractivity contribution < 1.29 is 9.90 Å². The summed E-state index contributed by atoms with van der Waals surface area (Å²) in [6.07, 6.45) is 6.19. The van der Waals surface area contributed by atoms with E-state index in [1.807, 2.05) is 6.07 Å². The molecule has 17 heavy (non-hydrogen) atoms. The van der Waals surface area contributed by atoms with E-state index < -0.39 is 5.97 Å². The molecule has 1 aromatic rings. The topological polar surface area (TPSA) is 49.3 Å². The van der Waals surface area contributed by atoms with E-state index in [-0.39, 0.29) is 0 Å². The zero-order valence-electron chi connectivity index (χ0n) is 9.58. The molecule has 1 aliphatic rings. The summed E-state index contributed by atoms with van der Waals surface area (Å²) in [7, 11) is 0. The summed E-state index contributed by atoms with van der Waals surface area (Å²) >= 11 is 3.34. The SMILES string of the molecule is O=C(O)c1cc(Br)cc(NC2CCCCC2)c1. The maximum atomic E-state index is 10.9. The lowest BCUT2D eigenvalue weighted by atomic mass is 9.95. The van der Waals surface area contributed by atoms with Crippen LogP contribution in [0.4, 0.5) is 5.69 Å². The van der Waals surface area contributed by atoms with Crippen LogP contribution in [0.15, 0.2) is 22.7 Å². The quantitative estimate of drug-likeness (QED) is 0.890. The minimum Gasteiger partial charge on any atom is -0.478 e. The summed E-state index contributed by atoms with van der Waals surface area (Å²) in [5.74, 6) is -0.891. The lowest BCUT2D eigenvalue weighted by Crippen LogP contribution is -2.22. The Morgan fingerprint density at radius 1 is 1.24 bits per heavy atom. The van der Waals surface area contributed by atoms with Gasteiger partial charge < -0.3 is 10.4 Å². The molecule has 1 aliphatic carbocycles. The van der Waals surface area contributed by atoms with Crippen LogP contribution in [0.1, 0.15) is 42.5 Å². The molecule has 2 N–H and O–H groups in total. The summed E-state index contributed by atoms with van der Waals surface area (Å²) in [5.41, 5.74) is 1.21. The smallest absolute Gasteiger partial charge is 0.335 e. The second kappa shape index (κ2) is 5.54. The van der Waals surface area contributed by atoms with Crippen molar-refractivity contribution in [3.05, 3.63) is 28.2 Å². The van der Waals surface area contributed by atoms with Crippen LogP contribution in [0.3, 0.4) is 0 Å². The van der Waals surface area contributed by atoms with Crippen molar-refractivity contribution in [3.8, 4) is 0 Å². The predicted molar refractivity (Wildman–Crippen MR) is 71.6 cm³/mol. The van der Waals surface area contributed by atoms with Crippen LogP contribution < -0.4 is 5.32 Å². The van der Waals surface area contributed by atoms with Gasteiger partial charge in [-0.3, -0.25) is 0 Å². The van der Waals surface area contributed by atoms with Crippen molar-refractivity contribution in [2.45, 2.75) is 38.1 Å². The van der Waals surface area contributed by atoms with Crippen LogP contribution in [-0.2, 0) is 0 Å². The fourth-order valence-corrected chi connectivity index (χ4v) is 2.77. The molecule has 0 atom stereocenters. The van der Waals surface area contributed by atoms with Crippen LogP contribution >= 0.6 is 15.9 Å². The molecule has 0 aliphatic heterocycles. The van der Waals surface area contributed by atoms with E-state index in [0.717, 1.165) is 10.2 Å². The first-order valence-electron chi connectivity index (χ1n) is 5.95. The van der Waals surface area contributed by atoms with Crippen LogP contribution in [0.2, 0.25) is 0 Å². The third-order valence-corrected chi connectivity index (χ3v) is 3.58. The van der Waals surface area contributed by atoms with E-state index in [4.69, 9.17) is 5.11 Å². The average molecular weight is 298 g/mol. The Bertz CT molecular complexity index is 414. The number of nitrogens with one attached hydrogen (secondary N) is 1. The van der Waals surface area contributed by atoms with Crippen molar-refractivity contribution in [3.63, 3.8) is 0 Å². The number of carboxylic acids is 1. The number of anilines is 1. The van der Waals surface area contributed by atoms with E-state index in [1.165, 1.54) is 32.1 Å². The second-order valence-electron chi connectivity index (χ2n) is 4.51. The van der Waals surface area contributed by atoms with E-state index in [9.17, 15) is 4.79 Å². The van der Waals surface area contributed by atoms with Crippen molar-refractivity contribution >= 4 is 27.6 Å². The Morgan fingerprint density at radius 2 is 1.94 bits per heavy atom. The molecule has 0 radical (unpaired) electrons. The number of hydrogen-bond donors (Lipinski definition) is 2. The molecule has 92 valence electrons. The van der Waals surface area contributed by atoms with Gasteiger partial charge in [-0.25, -0.2) is 4.79 Å². The van der Waals surface area contributed by atoms with Crippen molar-refractivity contribution in [2.75, 3.05) is 5.32 Å². The first-order valence-corrected chi connectivity index (χ1v) is 6.75. The summed E-state index contributed by atoms with van der Waals surface area (Å²) in [4.78, 5) is 10.9. The molecule has 0 saturated heterocycles. The van der Waals surface area contributed by atoms with Gasteiger partial charge in [-0.15, -0.1) is 0 Å². The van der Waals surface area contributed by atoms with Crippen LogP contribution in [0.25, 0.3) is 0 Å². The summed E-state index contributed by atoms with van der Waals surface area (Å²) in [6, 6.07) is 5.73. The highest BCUT2D eigenvalue weighted by atomic mass is 79.9. The van der Waals surface area contributed by atoms with Gasteiger partial charge in [0.15, 0.2) is 0 Å². The second-order valence-corrected chi connectivity index (χ2v) is 5.43. The normalized spacial score (nSPS) is 16.8. The molecule has 0 amide bonds. The molecule has 3 nitrogen and oxygen atoms in total. The summed E-state index contributed by atoms with van der Waals surface area (Å²) in [5, 5.41) is 12.4. The molecule has 4 heteroatoms. The van der Waals surface area contributed by atoms with E-state index in [2.05, 4.69) is 21.2 Å². The van der Waals surface area contributed by atoms with Crippen LogP contribution in [-0.4, -0.2) is 17.1 Å². The van der Waals surface area contributed by atoms with E-state index in [1.54, 1.807) is 12.1 Å². The first-order chi connectivity index (χ1) is 8.15. The van der Waals surface area contributed by atoms with Gasteiger partial charge in [0.25, 0.3) is 0 Å². The standard InChI is InChI=1S/C13H16BrNO2/c14-10-6-9(13(16)17)7-12(8-10)15-11-4-2-1-3-5-11/h6-8,11,15H,1-5H2,(H,16,17). The third kappa shape index (κ3) is 3.46. The Hall–Kier alpha value is -1.03. The molecular formula is C13H16BrNO2. The van der Waals surface area contributed by atoms with Crippen molar-refractivity contribution in [1.82, 2.24) is 0 Å². The highest BCUT2D eigenvalue weighted by Gasteiger charge is 2.14. The summed E-state index contributed by atoms with van der Waals surface area (Å²) in [6.45, 7) is 0. The highest BCUT2D eigenvalue weighted by Crippen LogP contribution is 2.24. The Balaban J connectivity index is 2.11. The number of carbonyl (C=O) groups is 1. The van der Waals surface area contributed by atoms with Crippen LogP contribution in [0.5, 0.6) is 0 Å². The third-order valence-electron chi connectivity index (χ3n) is 3.12. The van der Waals surface area contributed by atoms with E-state index >= 15 is 0 Å². The van der Waals surface area contributed by atoms with E-state index in [0.29, 0.717) is 11.6 Å². The Kier molecular flexibility index (Phi) is 4.05. The van der Waals surface area contributed by atoms with Gasteiger partial charge in [0.1, 0.15) is 0 Å². The molecule has 0 unspecified atom stereocenters. The Labute approximate surface area is 109 Å². The molecule has 1 aromatic carbocycles. The number of halogens is 1. The molecule has 1 fully saturated rings. The Morgan fingerprint density at radius 3 is 2.59 bits per heavy atom. The molecule has 0 spiro atoms. The minimum absolute atomic E-state index is 0.317. The summed E-state index contributed by atoms with van der Waals surface area (Å²) < 4.78 is 0.802. The number of aromatic carboxylic acids is 1. The number of rotatable bonds is 3. The predicted octanol–water partition coefficient (Wildman–Crippen LogP) is 3.89. The molecule has 0 bridgehead atoms. The van der Waals surface area contributed by atoms with Gasteiger partial charge in [-0.1, -0.05) is 35.2 Å². The van der Waals surface area contributed by atoms with Crippen molar-refractivity contribution in [2.24, 2.45) is 0 Å². The van der Waals surface area contributed by atoms with Crippen molar-refractivity contribution in [1.29, 1.82) is 0 Å². The monoisotopic (exact) mass is 297 g/mol. The van der Waals surface area contributed by atoms with Gasteiger partial charge in [-0.05, 0) is 31.0 Å². The molecule has 1 saturated carbocycles. The van der Waals surface area contributed by atoms with Gasteiger partial charge in [0.2, 0.25) is 0 Å². The molecule has 2 rings (SSSR count).